The van der Waals surface area contributed by atoms with Crippen LogP contribution in [0.25, 0.3) is 16.8 Å². The Morgan fingerprint density at radius 3 is 2.89 bits per heavy atom. The van der Waals surface area contributed by atoms with E-state index < -0.39 is 18.0 Å². The molecule has 0 saturated carbocycles. The number of nitrogens with zero attached hydrogens (tertiary/aromatic N) is 3. The van der Waals surface area contributed by atoms with E-state index in [9.17, 15) is 14.0 Å². The Hall–Kier alpha value is -3.82. The molecule has 2 aliphatic rings. The molecule has 6 rings (SSSR count). The predicted molar refractivity (Wildman–Crippen MR) is 131 cm³/mol. The summed E-state index contributed by atoms with van der Waals surface area (Å²) in [7, 11) is 0. The van der Waals surface area contributed by atoms with E-state index in [1.54, 1.807) is 22.8 Å². The second kappa shape index (κ2) is 9.00. The maximum absolute atomic E-state index is 14.1. The van der Waals surface area contributed by atoms with Gasteiger partial charge in [0.25, 0.3) is 11.8 Å². The summed E-state index contributed by atoms with van der Waals surface area (Å²) in [6, 6.07) is 10.5. The van der Waals surface area contributed by atoms with Gasteiger partial charge in [-0.1, -0.05) is 11.6 Å². The average Bonchev–Trinajstić information content (AvgIpc) is 3.50. The number of hydrogen-bond acceptors (Lipinski definition) is 5. The molecule has 2 unspecified atom stereocenters. The number of aromatic nitrogens is 3. The largest absolute Gasteiger partial charge is 0.368 e. The van der Waals surface area contributed by atoms with Crippen LogP contribution in [0.4, 0.5) is 10.1 Å². The van der Waals surface area contributed by atoms with Gasteiger partial charge in [0.1, 0.15) is 18.2 Å². The average molecular weight is 506 g/mol. The molecule has 2 atom stereocenters. The topological polar surface area (TPSA) is 97.6 Å². The molecule has 8 nitrogen and oxygen atoms in total. The minimum Gasteiger partial charge on any atom is -0.368 e. The normalized spacial score (nSPS) is 19.2. The summed E-state index contributed by atoms with van der Waals surface area (Å²) in [5.41, 5.74) is 3.90. The van der Waals surface area contributed by atoms with Crippen LogP contribution in [0.5, 0.6) is 0 Å². The van der Waals surface area contributed by atoms with Crippen molar-refractivity contribution < 1.29 is 18.7 Å². The van der Waals surface area contributed by atoms with Crippen LogP contribution in [0.1, 0.15) is 46.8 Å². The lowest BCUT2D eigenvalue weighted by Crippen LogP contribution is -2.33. The van der Waals surface area contributed by atoms with E-state index in [2.05, 4.69) is 20.7 Å². The molecule has 182 valence electrons. The van der Waals surface area contributed by atoms with Crippen LogP contribution >= 0.6 is 11.6 Å². The number of fused-ring (bicyclic) bond motifs is 2. The first kappa shape index (κ1) is 22.6. The summed E-state index contributed by atoms with van der Waals surface area (Å²) in [4.78, 5) is 30.4. The highest BCUT2D eigenvalue weighted by Gasteiger charge is 2.35. The SMILES string of the molecule is O=C1NC(c2cc(F)ccc2Cl)c2c(NC(=O)C3CCCCO3)cc(-c3ccc4ncnn4c3)cc21. The molecule has 0 aliphatic carbocycles. The maximum atomic E-state index is 14.1. The second-order valence-corrected chi connectivity index (χ2v) is 9.29. The van der Waals surface area contributed by atoms with Crippen molar-refractivity contribution in [2.45, 2.75) is 31.4 Å². The van der Waals surface area contributed by atoms with Crippen molar-refractivity contribution in [1.82, 2.24) is 19.9 Å². The third kappa shape index (κ3) is 4.00. The smallest absolute Gasteiger partial charge is 0.253 e. The highest BCUT2D eigenvalue weighted by atomic mass is 35.5. The summed E-state index contributed by atoms with van der Waals surface area (Å²) in [6.07, 6.45) is 5.11. The molecule has 10 heteroatoms. The highest BCUT2D eigenvalue weighted by molar-refractivity contribution is 6.31. The van der Waals surface area contributed by atoms with Gasteiger partial charge < -0.3 is 15.4 Å². The molecule has 0 radical (unpaired) electrons. The zero-order valence-corrected chi connectivity index (χ0v) is 19.8. The molecule has 2 amide bonds. The molecule has 0 spiro atoms. The van der Waals surface area contributed by atoms with E-state index in [-0.39, 0.29) is 11.8 Å². The Bertz CT molecular complexity index is 1510. The van der Waals surface area contributed by atoms with E-state index in [0.29, 0.717) is 51.6 Å². The van der Waals surface area contributed by atoms with Crippen molar-refractivity contribution in [1.29, 1.82) is 0 Å². The standard InChI is InChI=1S/C26H21ClFN5O3/c27-19-6-5-16(28)11-17(19)24-23-18(25(34)32-24)9-15(14-4-7-22-29-13-30-33(22)12-14)10-20(23)31-26(35)21-3-1-2-8-36-21/h4-7,9-13,21,24H,1-3,8H2,(H,31,35)(H,32,34). The van der Waals surface area contributed by atoms with Gasteiger partial charge in [-0.05, 0) is 67.3 Å². The molecule has 4 heterocycles. The number of benzene rings is 2. The third-order valence-electron chi connectivity index (χ3n) is 6.60. The lowest BCUT2D eigenvalue weighted by Gasteiger charge is -2.24. The molecule has 4 aromatic rings. The Labute approximate surface area is 210 Å². The van der Waals surface area contributed by atoms with Gasteiger partial charge in [-0.15, -0.1) is 0 Å². The molecular weight excluding hydrogens is 485 g/mol. The number of anilines is 1. The lowest BCUT2D eigenvalue weighted by molar-refractivity contribution is -0.129. The summed E-state index contributed by atoms with van der Waals surface area (Å²) in [6.45, 7) is 0.524. The van der Waals surface area contributed by atoms with Crippen molar-refractivity contribution in [2.75, 3.05) is 11.9 Å². The van der Waals surface area contributed by atoms with Crippen LogP contribution in [0.15, 0.2) is 55.0 Å². The van der Waals surface area contributed by atoms with Crippen LogP contribution in [0, 0.1) is 5.82 Å². The summed E-state index contributed by atoms with van der Waals surface area (Å²) in [5.74, 6) is -1.11. The molecule has 2 N–H and O–H groups in total. The minimum absolute atomic E-state index is 0.288. The molecule has 2 aromatic carbocycles. The van der Waals surface area contributed by atoms with Gasteiger partial charge in [0.15, 0.2) is 5.65 Å². The van der Waals surface area contributed by atoms with Gasteiger partial charge in [-0.2, -0.15) is 5.10 Å². The van der Waals surface area contributed by atoms with Crippen molar-refractivity contribution in [3.05, 3.63) is 82.5 Å². The zero-order valence-electron chi connectivity index (χ0n) is 19.0. The highest BCUT2D eigenvalue weighted by Crippen LogP contribution is 2.42. The van der Waals surface area contributed by atoms with Crippen molar-refractivity contribution in [2.24, 2.45) is 0 Å². The zero-order chi connectivity index (χ0) is 24.8. The van der Waals surface area contributed by atoms with E-state index >= 15 is 0 Å². The fourth-order valence-electron chi connectivity index (χ4n) is 4.82. The lowest BCUT2D eigenvalue weighted by atomic mass is 9.93. The Balaban J connectivity index is 1.49. The van der Waals surface area contributed by atoms with Crippen LogP contribution < -0.4 is 10.6 Å². The maximum Gasteiger partial charge on any atom is 0.253 e. The van der Waals surface area contributed by atoms with E-state index in [0.717, 1.165) is 18.4 Å². The van der Waals surface area contributed by atoms with Gasteiger partial charge in [0.05, 0.1) is 6.04 Å². The number of pyridine rings is 1. The number of amides is 2. The molecule has 1 saturated heterocycles. The molecule has 1 fully saturated rings. The van der Waals surface area contributed by atoms with Crippen molar-refractivity contribution in [3.63, 3.8) is 0 Å². The molecule has 2 aliphatic heterocycles. The molecule has 2 aromatic heterocycles. The van der Waals surface area contributed by atoms with Gasteiger partial charge in [0, 0.05) is 45.8 Å². The van der Waals surface area contributed by atoms with Gasteiger partial charge in [-0.25, -0.2) is 13.9 Å². The first-order valence-electron chi connectivity index (χ1n) is 11.6. The van der Waals surface area contributed by atoms with Crippen LogP contribution in [-0.4, -0.2) is 39.1 Å². The molecular formula is C26H21ClFN5O3. The van der Waals surface area contributed by atoms with E-state index in [4.69, 9.17) is 16.3 Å². The fourth-order valence-corrected chi connectivity index (χ4v) is 5.05. The Morgan fingerprint density at radius 1 is 1.17 bits per heavy atom. The Morgan fingerprint density at radius 2 is 2.06 bits per heavy atom. The number of hydrogen-bond donors (Lipinski definition) is 2. The molecule has 36 heavy (non-hydrogen) atoms. The first-order chi connectivity index (χ1) is 17.5. The quantitative estimate of drug-likeness (QED) is 0.425. The van der Waals surface area contributed by atoms with Gasteiger partial charge in [0.2, 0.25) is 0 Å². The van der Waals surface area contributed by atoms with Crippen LogP contribution in [-0.2, 0) is 9.53 Å². The predicted octanol–water partition coefficient (Wildman–Crippen LogP) is 4.53. The second-order valence-electron chi connectivity index (χ2n) is 8.88. The van der Waals surface area contributed by atoms with Gasteiger partial charge in [-0.3, -0.25) is 9.59 Å². The third-order valence-corrected chi connectivity index (χ3v) is 6.94. The van der Waals surface area contributed by atoms with E-state index in [1.807, 2.05) is 12.1 Å². The number of rotatable bonds is 4. The summed E-state index contributed by atoms with van der Waals surface area (Å²) < 4.78 is 21.4. The van der Waals surface area contributed by atoms with Crippen molar-refractivity contribution >= 4 is 34.7 Å². The monoisotopic (exact) mass is 505 g/mol. The van der Waals surface area contributed by atoms with Crippen LogP contribution in [0.2, 0.25) is 5.02 Å². The fraction of sp³-hybridized carbons (Fsp3) is 0.231. The van der Waals surface area contributed by atoms with Crippen molar-refractivity contribution in [3.8, 4) is 11.1 Å². The first-order valence-corrected chi connectivity index (χ1v) is 12.0. The summed E-state index contributed by atoms with van der Waals surface area (Å²) >= 11 is 6.40. The number of ether oxygens (including phenoxy) is 1. The number of carbonyl (C=O) groups excluding carboxylic acids is 2. The number of nitrogens with one attached hydrogen (secondary N) is 2. The Kier molecular flexibility index (Phi) is 5.66. The number of carbonyl (C=O) groups is 2. The molecule has 0 bridgehead atoms. The number of halogens is 2. The summed E-state index contributed by atoms with van der Waals surface area (Å²) in [5, 5.41) is 10.4. The van der Waals surface area contributed by atoms with Crippen LogP contribution in [0.3, 0.4) is 0 Å². The van der Waals surface area contributed by atoms with E-state index in [1.165, 1.54) is 24.5 Å². The minimum atomic E-state index is -0.731. The van der Waals surface area contributed by atoms with Gasteiger partial charge >= 0.3 is 0 Å².